The summed E-state index contributed by atoms with van der Waals surface area (Å²) >= 11 is 0. The Morgan fingerprint density at radius 3 is 2.40 bits per heavy atom. The first-order valence-corrected chi connectivity index (χ1v) is 10.2. The molecule has 1 fully saturated rings. The number of fused-ring (bicyclic) bond motifs is 1. The first-order chi connectivity index (χ1) is 14.6. The molecule has 0 spiro atoms. The average Bonchev–Trinajstić information content (AvgIpc) is 3.13. The number of amides is 1. The fraction of sp³-hybridized carbons (Fsp3) is 0.391. The van der Waals surface area contributed by atoms with Gasteiger partial charge in [-0.25, -0.2) is 4.39 Å². The zero-order valence-corrected chi connectivity index (χ0v) is 16.6. The maximum absolute atomic E-state index is 13.3. The summed E-state index contributed by atoms with van der Waals surface area (Å²) in [6, 6.07) is 11.1. The molecule has 7 heteroatoms. The Kier molecular flexibility index (Phi) is 5.88. The highest BCUT2D eigenvalue weighted by Gasteiger charge is 2.44. The van der Waals surface area contributed by atoms with E-state index in [-0.39, 0.29) is 5.82 Å². The molecule has 1 amide bonds. The molecule has 1 N–H and O–H groups in total. The second-order valence-electron chi connectivity index (χ2n) is 7.63. The van der Waals surface area contributed by atoms with Crippen LogP contribution in [0.5, 0.6) is 11.5 Å². The summed E-state index contributed by atoms with van der Waals surface area (Å²) in [5, 5.41) is 2.72. The van der Waals surface area contributed by atoms with Crippen molar-refractivity contribution in [3.05, 3.63) is 53.8 Å². The van der Waals surface area contributed by atoms with Gasteiger partial charge in [0.1, 0.15) is 5.82 Å². The zero-order chi connectivity index (χ0) is 21.0. The van der Waals surface area contributed by atoms with Gasteiger partial charge in [0.05, 0.1) is 18.6 Å². The third kappa shape index (κ3) is 4.25. The van der Waals surface area contributed by atoms with Gasteiger partial charge in [0.2, 0.25) is 0 Å². The predicted octanol–water partition coefficient (Wildman–Crippen LogP) is 3.98. The van der Waals surface area contributed by atoms with Crippen LogP contribution in [0, 0.1) is 5.82 Å². The molecular weight excluding hydrogens is 389 g/mol. The highest BCUT2D eigenvalue weighted by Crippen LogP contribution is 2.42. The van der Waals surface area contributed by atoms with Gasteiger partial charge in [-0.1, -0.05) is 25.0 Å². The van der Waals surface area contributed by atoms with Gasteiger partial charge < -0.3 is 19.5 Å². The van der Waals surface area contributed by atoms with Crippen molar-refractivity contribution in [1.82, 2.24) is 0 Å². The number of rotatable bonds is 5. The Labute approximate surface area is 174 Å². The maximum Gasteiger partial charge on any atom is 0.317 e. The normalized spacial score (nSPS) is 17.1. The van der Waals surface area contributed by atoms with Crippen LogP contribution in [0.3, 0.4) is 0 Å². The fourth-order valence-electron chi connectivity index (χ4n) is 4.07. The molecule has 30 heavy (non-hydrogen) atoms. The summed E-state index contributed by atoms with van der Waals surface area (Å²) in [6.45, 7) is 0.744. The molecule has 0 saturated heterocycles. The lowest BCUT2D eigenvalue weighted by Crippen LogP contribution is -2.36. The predicted molar refractivity (Wildman–Crippen MR) is 108 cm³/mol. The topological polar surface area (TPSA) is 73.9 Å². The minimum absolute atomic E-state index is 0.352. The monoisotopic (exact) mass is 413 g/mol. The van der Waals surface area contributed by atoms with Crippen LogP contribution in [0.15, 0.2) is 42.5 Å². The van der Waals surface area contributed by atoms with E-state index in [1.165, 1.54) is 12.1 Å². The van der Waals surface area contributed by atoms with Crippen molar-refractivity contribution in [3.8, 4) is 11.5 Å². The molecule has 158 valence electrons. The van der Waals surface area contributed by atoms with Crippen molar-refractivity contribution in [2.24, 2.45) is 0 Å². The van der Waals surface area contributed by atoms with Gasteiger partial charge in [-0.15, -0.1) is 0 Å². The van der Waals surface area contributed by atoms with Crippen LogP contribution in [0.1, 0.15) is 37.7 Å². The van der Waals surface area contributed by atoms with E-state index in [2.05, 4.69) is 5.32 Å². The average molecular weight is 413 g/mol. The summed E-state index contributed by atoms with van der Waals surface area (Å²) in [7, 11) is 0. The summed E-state index contributed by atoms with van der Waals surface area (Å²) in [5.41, 5.74) is 0.451. The largest absolute Gasteiger partial charge is 0.490 e. The molecule has 0 atom stereocenters. The smallest absolute Gasteiger partial charge is 0.317 e. The molecule has 0 bridgehead atoms. The highest BCUT2D eigenvalue weighted by atomic mass is 19.1. The second kappa shape index (κ2) is 8.73. The van der Waals surface area contributed by atoms with Gasteiger partial charge in [0.15, 0.2) is 18.1 Å². The number of nitrogens with one attached hydrogen (secondary N) is 1. The number of esters is 1. The fourth-order valence-corrected chi connectivity index (χ4v) is 4.07. The van der Waals surface area contributed by atoms with Crippen LogP contribution < -0.4 is 14.8 Å². The van der Waals surface area contributed by atoms with Crippen molar-refractivity contribution in [2.75, 3.05) is 25.1 Å². The molecule has 0 unspecified atom stereocenters. The number of carbonyl (C=O) groups excluding carboxylic acids is 2. The van der Waals surface area contributed by atoms with Crippen molar-refractivity contribution in [3.63, 3.8) is 0 Å². The Balaban J connectivity index is 1.39. The Morgan fingerprint density at radius 2 is 1.67 bits per heavy atom. The summed E-state index contributed by atoms with van der Waals surface area (Å²) in [4.78, 5) is 25.3. The highest BCUT2D eigenvalue weighted by molar-refractivity contribution is 5.94. The van der Waals surface area contributed by atoms with Gasteiger partial charge in [-0.05, 0) is 42.7 Å². The Hall–Kier alpha value is -3.09. The molecule has 2 aromatic carbocycles. The van der Waals surface area contributed by atoms with Crippen molar-refractivity contribution in [2.45, 2.75) is 37.5 Å². The molecule has 0 radical (unpaired) electrons. The lowest BCUT2D eigenvalue weighted by Gasteiger charge is -2.27. The minimum atomic E-state index is -0.816. The van der Waals surface area contributed by atoms with Crippen LogP contribution in [-0.2, 0) is 19.7 Å². The van der Waals surface area contributed by atoms with Crippen LogP contribution in [-0.4, -0.2) is 31.7 Å². The van der Waals surface area contributed by atoms with Crippen molar-refractivity contribution in [1.29, 1.82) is 0 Å². The van der Waals surface area contributed by atoms with E-state index in [4.69, 9.17) is 14.2 Å². The van der Waals surface area contributed by atoms with Crippen LogP contribution in [0.2, 0.25) is 0 Å². The molecule has 4 rings (SSSR count). The van der Waals surface area contributed by atoms with E-state index < -0.39 is 23.9 Å². The first kappa shape index (κ1) is 20.2. The van der Waals surface area contributed by atoms with Crippen LogP contribution in [0.25, 0.3) is 0 Å². The lowest BCUT2D eigenvalue weighted by atomic mass is 9.79. The van der Waals surface area contributed by atoms with Crippen molar-refractivity contribution < 1.29 is 28.2 Å². The summed E-state index contributed by atoms with van der Waals surface area (Å²) in [6.07, 6.45) is 3.82. The SMILES string of the molecule is O=C(COC(=O)C1(c2ccc(F)cc2)CCCC1)Nc1ccc2c(c1)OCCCO2. The van der Waals surface area contributed by atoms with Gasteiger partial charge >= 0.3 is 5.97 Å². The number of hydrogen-bond donors (Lipinski definition) is 1. The molecule has 1 aliphatic carbocycles. The van der Waals surface area contributed by atoms with Gasteiger partial charge in [-0.3, -0.25) is 9.59 Å². The Morgan fingerprint density at radius 1 is 0.967 bits per heavy atom. The van der Waals surface area contributed by atoms with Crippen LogP contribution in [0.4, 0.5) is 10.1 Å². The third-order valence-corrected chi connectivity index (χ3v) is 5.61. The van der Waals surface area contributed by atoms with Gasteiger partial charge in [-0.2, -0.15) is 0 Å². The molecule has 0 aromatic heterocycles. The summed E-state index contributed by atoms with van der Waals surface area (Å²) in [5.74, 6) is -0.0248. The number of carbonyl (C=O) groups is 2. The molecule has 1 aliphatic heterocycles. The Bertz CT molecular complexity index is 922. The van der Waals surface area contributed by atoms with E-state index in [1.807, 2.05) is 0 Å². The van der Waals surface area contributed by atoms with Gasteiger partial charge in [0, 0.05) is 18.2 Å². The number of benzene rings is 2. The number of halogens is 1. The van der Waals surface area contributed by atoms with E-state index in [1.54, 1.807) is 30.3 Å². The standard InChI is InChI=1S/C23H24FNO5/c24-17-6-4-16(5-7-17)23(10-1-2-11-23)22(27)30-15-21(26)25-18-8-9-19-20(14-18)29-13-3-12-28-19/h4-9,14H,1-3,10-13,15H2,(H,25,26). The molecule has 1 saturated carbocycles. The van der Waals surface area contributed by atoms with E-state index >= 15 is 0 Å². The van der Waals surface area contributed by atoms with E-state index in [0.717, 1.165) is 24.8 Å². The molecule has 6 nitrogen and oxygen atoms in total. The van der Waals surface area contributed by atoms with Crippen LogP contribution >= 0.6 is 0 Å². The second-order valence-corrected chi connectivity index (χ2v) is 7.63. The van der Waals surface area contributed by atoms with Gasteiger partial charge in [0.25, 0.3) is 5.91 Å². The third-order valence-electron chi connectivity index (χ3n) is 5.61. The summed E-state index contributed by atoms with van der Waals surface area (Å²) < 4.78 is 29.9. The molecular formula is C23H24FNO5. The van der Waals surface area contributed by atoms with E-state index in [9.17, 15) is 14.0 Å². The molecule has 1 heterocycles. The minimum Gasteiger partial charge on any atom is -0.490 e. The number of hydrogen-bond acceptors (Lipinski definition) is 5. The van der Waals surface area contributed by atoms with Crippen molar-refractivity contribution >= 4 is 17.6 Å². The quantitative estimate of drug-likeness (QED) is 0.751. The number of ether oxygens (including phenoxy) is 3. The lowest BCUT2D eigenvalue weighted by molar-refractivity contribution is -0.153. The first-order valence-electron chi connectivity index (χ1n) is 10.2. The molecule has 2 aromatic rings. The maximum atomic E-state index is 13.3. The molecule has 2 aliphatic rings. The zero-order valence-electron chi connectivity index (χ0n) is 16.6. The number of anilines is 1. The van der Waals surface area contributed by atoms with E-state index in [0.29, 0.717) is 43.2 Å².